The standard InChI is InChI=1S/C10H16N2OS/c1-6(2)9(13)12-8(4)10-11-7(3)5-14-10/h5-6,8H,1-4H3,(H,12,13). The van der Waals surface area contributed by atoms with Crippen LogP contribution in [0.15, 0.2) is 5.38 Å². The Kier molecular flexibility index (Phi) is 3.63. The Hall–Kier alpha value is -0.900. The van der Waals surface area contributed by atoms with Gasteiger partial charge in [0.15, 0.2) is 0 Å². The molecule has 1 rings (SSSR count). The monoisotopic (exact) mass is 212 g/mol. The van der Waals surface area contributed by atoms with E-state index in [1.54, 1.807) is 11.3 Å². The maximum absolute atomic E-state index is 11.4. The van der Waals surface area contributed by atoms with E-state index in [9.17, 15) is 4.79 Å². The van der Waals surface area contributed by atoms with Gasteiger partial charge in [0.25, 0.3) is 0 Å². The van der Waals surface area contributed by atoms with Crippen molar-refractivity contribution in [2.75, 3.05) is 0 Å². The summed E-state index contributed by atoms with van der Waals surface area (Å²) in [6.07, 6.45) is 0. The first-order chi connectivity index (χ1) is 6.50. The number of nitrogens with zero attached hydrogens (tertiary/aromatic N) is 1. The van der Waals surface area contributed by atoms with Crippen LogP contribution < -0.4 is 5.32 Å². The lowest BCUT2D eigenvalue weighted by molar-refractivity contribution is -0.124. The molecule has 1 aromatic heterocycles. The fourth-order valence-corrected chi connectivity index (χ4v) is 1.82. The molecule has 0 radical (unpaired) electrons. The second-order valence-corrected chi connectivity index (χ2v) is 4.60. The minimum Gasteiger partial charge on any atom is -0.347 e. The Morgan fingerprint density at radius 3 is 2.57 bits per heavy atom. The topological polar surface area (TPSA) is 42.0 Å². The van der Waals surface area contributed by atoms with Crippen LogP contribution in [0.5, 0.6) is 0 Å². The molecule has 0 fully saturated rings. The second kappa shape index (κ2) is 4.55. The lowest BCUT2D eigenvalue weighted by Crippen LogP contribution is -2.30. The lowest BCUT2D eigenvalue weighted by atomic mass is 10.2. The molecule has 0 bridgehead atoms. The van der Waals surface area contributed by atoms with Crippen molar-refractivity contribution in [3.63, 3.8) is 0 Å². The van der Waals surface area contributed by atoms with Crippen LogP contribution >= 0.6 is 11.3 Å². The molecule has 0 aromatic carbocycles. The van der Waals surface area contributed by atoms with E-state index in [4.69, 9.17) is 0 Å². The summed E-state index contributed by atoms with van der Waals surface area (Å²) in [5.74, 6) is 0.101. The summed E-state index contributed by atoms with van der Waals surface area (Å²) in [4.78, 5) is 15.7. The quantitative estimate of drug-likeness (QED) is 0.835. The Bertz CT molecular complexity index is 320. The van der Waals surface area contributed by atoms with Gasteiger partial charge in [-0.15, -0.1) is 11.3 Å². The molecule has 0 saturated heterocycles. The van der Waals surface area contributed by atoms with Crippen molar-refractivity contribution in [3.8, 4) is 0 Å². The van der Waals surface area contributed by atoms with Gasteiger partial charge < -0.3 is 5.32 Å². The summed E-state index contributed by atoms with van der Waals surface area (Å²) in [6.45, 7) is 7.68. The van der Waals surface area contributed by atoms with Gasteiger partial charge in [0.2, 0.25) is 5.91 Å². The van der Waals surface area contributed by atoms with E-state index in [0.717, 1.165) is 10.7 Å². The van der Waals surface area contributed by atoms with Crippen molar-refractivity contribution >= 4 is 17.2 Å². The van der Waals surface area contributed by atoms with Crippen LogP contribution in [0.1, 0.15) is 37.5 Å². The number of amides is 1. The van der Waals surface area contributed by atoms with E-state index in [1.807, 2.05) is 33.1 Å². The third-order valence-corrected chi connectivity index (χ3v) is 3.04. The molecule has 3 nitrogen and oxygen atoms in total. The number of thiazole rings is 1. The molecular weight excluding hydrogens is 196 g/mol. The van der Waals surface area contributed by atoms with Crippen LogP contribution in [0.3, 0.4) is 0 Å². The lowest BCUT2D eigenvalue weighted by Gasteiger charge is -2.12. The van der Waals surface area contributed by atoms with Crippen LogP contribution in [0.2, 0.25) is 0 Å². The summed E-state index contributed by atoms with van der Waals surface area (Å²) in [7, 11) is 0. The summed E-state index contributed by atoms with van der Waals surface area (Å²) >= 11 is 1.59. The fourth-order valence-electron chi connectivity index (χ4n) is 1.01. The molecular formula is C10H16N2OS. The number of aromatic nitrogens is 1. The van der Waals surface area contributed by atoms with E-state index < -0.39 is 0 Å². The molecule has 1 N–H and O–H groups in total. The molecule has 0 aliphatic carbocycles. The van der Waals surface area contributed by atoms with E-state index in [2.05, 4.69) is 10.3 Å². The molecule has 0 spiro atoms. The number of carbonyl (C=O) groups excluding carboxylic acids is 1. The predicted molar refractivity (Wildman–Crippen MR) is 58.2 cm³/mol. The van der Waals surface area contributed by atoms with Gasteiger partial charge in [-0.25, -0.2) is 4.98 Å². The zero-order chi connectivity index (χ0) is 10.7. The smallest absolute Gasteiger partial charge is 0.223 e. The van der Waals surface area contributed by atoms with Crippen molar-refractivity contribution in [1.82, 2.24) is 10.3 Å². The van der Waals surface area contributed by atoms with Gasteiger partial charge in [0.05, 0.1) is 6.04 Å². The first-order valence-electron chi connectivity index (χ1n) is 4.73. The zero-order valence-corrected chi connectivity index (χ0v) is 9.81. The third kappa shape index (κ3) is 2.80. The maximum Gasteiger partial charge on any atom is 0.223 e. The number of aryl methyl sites for hydroxylation is 1. The molecule has 78 valence electrons. The highest BCUT2D eigenvalue weighted by atomic mass is 32.1. The molecule has 1 aromatic rings. The Morgan fingerprint density at radius 2 is 2.14 bits per heavy atom. The van der Waals surface area contributed by atoms with Gasteiger partial charge in [-0.3, -0.25) is 4.79 Å². The van der Waals surface area contributed by atoms with Crippen molar-refractivity contribution in [3.05, 3.63) is 16.1 Å². The molecule has 4 heteroatoms. The molecule has 14 heavy (non-hydrogen) atoms. The summed E-state index contributed by atoms with van der Waals surface area (Å²) in [5.41, 5.74) is 1.01. The molecule has 1 heterocycles. The highest BCUT2D eigenvalue weighted by Crippen LogP contribution is 2.17. The van der Waals surface area contributed by atoms with Gasteiger partial charge in [0.1, 0.15) is 5.01 Å². The number of carbonyl (C=O) groups is 1. The maximum atomic E-state index is 11.4. The van der Waals surface area contributed by atoms with Crippen LogP contribution in [0, 0.1) is 12.8 Å². The van der Waals surface area contributed by atoms with Gasteiger partial charge in [-0.05, 0) is 13.8 Å². The van der Waals surface area contributed by atoms with Gasteiger partial charge in [-0.2, -0.15) is 0 Å². The average Bonchev–Trinajstić information content (AvgIpc) is 2.51. The zero-order valence-electron chi connectivity index (χ0n) is 9.00. The van der Waals surface area contributed by atoms with E-state index >= 15 is 0 Å². The van der Waals surface area contributed by atoms with Gasteiger partial charge in [0, 0.05) is 17.0 Å². The van der Waals surface area contributed by atoms with Crippen molar-refractivity contribution in [1.29, 1.82) is 0 Å². The van der Waals surface area contributed by atoms with E-state index in [-0.39, 0.29) is 17.9 Å². The van der Waals surface area contributed by atoms with Crippen LogP contribution in [0.4, 0.5) is 0 Å². The molecule has 0 aliphatic rings. The minimum absolute atomic E-state index is 0.0172. The van der Waals surface area contributed by atoms with E-state index in [1.165, 1.54) is 0 Å². The Morgan fingerprint density at radius 1 is 1.50 bits per heavy atom. The molecule has 0 saturated carbocycles. The predicted octanol–water partition coefficient (Wildman–Crippen LogP) is 2.28. The first-order valence-corrected chi connectivity index (χ1v) is 5.61. The van der Waals surface area contributed by atoms with Crippen LogP contribution in [0.25, 0.3) is 0 Å². The first kappa shape index (κ1) is 11.2. The molecule has 1 amide bonds. The van der Waals surface area contributed by atoms with Crippen molar-refractivity contribution in [2.45, 2.75) is 33.7 Å². The molecule has 1 unspecified atom stereocenters. The SMILES string of the molecule is Cc1csc(C(C)NC(=O)C(C)C)n1. The number of nitrogens with one attached hydrogen (secondary N) is 1. The number of rotatable bonds is 3. The highest BCUT2D eigenvalue weighted by Gasteiger charge is 2.14. The fraction of sp³-hybridized carbons (Fsp3) is 0.600. The van der Waals surface area contributed by atoms with Gasteiger partial charge in [-0.1, -0.05) is 13.8 Å². The molecule has 0 aliphatic heterocycles. The van der Waals surface area contributed by atoms with Crippen molar-refractivity contribution < 1.29 is 4.79 Å². The van der Waals surface area contributed by atoms with Gasteiger partial charge >= 0.3 is 0 Å². The number of hydrogen-bond acceptors (Lipinski definition) is 3. The summed E-state index contributed by atoms with van der Waals surface area (Å²) in [6, 6.07) is 0.0172. The second-order valence-electron chi connectivity index (χ2n) is 3.71. The average molecular weight is 212 g/mol. The summed E-state index contributed by atoms with van der Waals surface area (Å²) < 4.78 is 0. The van der Waals surface area contributed by atoms with E-state index in [0.29, 0.717) is 0 Å². The Labute approximate surface area is 88.6 Å². The molecule has 1 atom stereocenters. The Balaban J connectivity index is 2.59. The highest BCUT2D eigenvalue weighted by molar-refractivity contribution is 7.09. The minimum atomic E-state index is 0.0172. The van der Waals surface area contributed by atoms with Crippen LogP contribution in [-0.2, 0) is 4.79 Å². The third-order valence-electron chi connectivity index (χ3n) is 1.89. The summed E-state index contributed by atoms with van der Waals surface area (Å²) in [5, 5.41) is 5.88. The van der Waals surface area contributed by atoms with Crippen molar-refractivity contribution in [2.24, 2.45) is 5.92 Å². The van der Waals surface area contributed by atoms with Crippen LogP contribution in [-0.4, -0.2) is 10.9 Å². The number of hydrogen-bond donors (Lipinski definition) is 1. The normalized spacial score (nSPS) is 12.9. The largest absolute Gasteiger partial charge is 0.347 e.